The average Bonchev–Trinajstić information content (AvgIpc) is 3.39. The molecule has 1 heteroatoms. The van der Waals surface area contributed by atoms with Crippen molar-refractivity contribution in [2.75, 3.05) is 4.90 Å². The van der Waals surface area contributed by atoms with Gasteiger partial charge in [0, 0.05) is 17.1 Å². The first kappa shape index (κ1) is 38.2. The molecule has 304 valence electrons. The Morgan fingerprint density at radius 1 is 0.200 bits per heavy atom. The maximum atomic E-state index is 2.37. The minimum Gasteiger partial charge on any atom is -0.311 e. The van der Waals surface area contributed by atoms with Crippen LogP contribution in [-0.2, 0) is 0 Å². The topological polar surface area (TPSA) is 3.24 Å². The maximum Gasteiger partial charge on any atom is 0.0462 e. The second-order valence-corrected chi connectivity index (χ2v) is 16.9. The standard InChI is InChI=1S/C64H43N/c1-2-11-49(12-3-1)63-41-32-51-14-7-9-17-62(51)64(63)52-30-38-59(39-31-52)65(58-36-28-48(29-37-58)55-33-40-61-56(43-55)25-23-50-13-6-8-16-60(50)61)57-34-26-46(27-35-57)45-18-20-47(21-19-45)54-24-22-44-10-4-5-15-53(44)42-54/h1-43H. The second-order valence-electron chi connectivity index (χ2n) is 16.9. The van der Waals surface area contributed by atoms with Crippen LogP contribution < -0.4 is 4.90 Å². The normalized spacial score (nSPS) is 11.4. The second kappa shape index (κ2) is 16.3. The Morgan fingerprint density at radius 3 is 1.22 bits per heavy atom. The minimum atomic E-state index is 1.09. The lowest BCUT2D eigenvalue weighted by Gasteiger charge is -2.26. The van der Waals surface area contributed by atoms with Gasteiger partial charge in [-0.1, -0.05) is 212 Å². The SMILES string of the molecule is c1ccc(-c2ccc3ccccc3c2-c2ccc(N(c3ccc(-c4ccc(-c5ccc6ccccc6c5)cc4)cc3)c3ccc(-c4ccc5c(ccc6ccccc65)c4)cc3)cc2)cc1. The quantitative estimate of drug-likeness (QED) is 0.138. The van der Waals surface area contributed by atoms with Gasteiger partial charge in [-0.05, 0) is 147 Å². The van der Waals surface area contributed by atoms with Crippen molar-refractivity contribution in [2.45, 2.75) is 0 Å². The van der Waals surface area contributed by atoms with Crippen LogP contribution in [-0.4, -0.2) is 0 Å². The first-order valence-corrected chi connectivity index (χ1v) is 22.4. The molecule has 0 unspecified atom stereocenters. The van der Waals surface area contributed by atoms with Crippen LogP contribution in [0, 0.1) is 0 Å². The lowest BCUT2D eigenvalue weighted by molar-refractivity contribution is 1.28. The Bertz CT molecular complexity index is 3660. The third-order valence-electron chi connectivity index (χ3n) is 13.1. The summed E-state index contributed by atoms with van der Waals surface area (Å²) >= 11 is 0. The molecule has 0 aliphatic heterocycles. The fraction of sp³-hybridized carbons (Fsp3) is 0. The molecular formula is C64H43N. The largest absolute Gasteiger partial charge is 0.311 e. The first-order chi connectivity index (χ1) is 32.2. The highest BCUT2D eigenvalue weighted by Gasteiger charge is 2.17. The minimum absolute atomic E-state index is 1.09. The summed E-state index contributed by atoms with van der Waals surface area (Å²) in [5, 5.41) is 10.1. The Hall–Kier alpha value is -8.52. The van der Waals surface area contributed by atoms with Gasteiger partial charge in [0.15, 0.2) is 0 Å². The highest BCUT2D eigenvalue weighted by atomic mass is 15.1. The van der Waals surface area contributed by atoms with E-state index >= 15 is 0 Å². The zero-order chi connectivity index (χ0) is 43.1. The van der Waals surface area contributed by atoms with Crippen LogP contribution in [0.25, 0.3) is 98.7 Å². The van der Waals surface area contributed by atoms with Gasteiger partial charge in [0.1, 0.15) is 0 Å². The lowest BCUT2D eigenvalue weighted by atomic mass is 9.89. The van der Waals surface area contributed by atoms with Crippen LogP contribution in [0.15, 0.2) is 261 Å². The van der Waals surface area contributed by atoms with Crippen LogP contribution in [0.3, 0.4) is 0 Å². The zero-order valence-corrected chi connectivity index (χ0v) is 35.8. The van der Waals surface area contributed by atoms with E-state index in [-0.39, 0.29) is 0 Å². The summed E-state index contributed by atoms with van der Waals surface area (Å²) in [6.07, 6.45) is 0. The Balaban J connectivity index is 0.910. The Labute approximate surface area is 379 Å². The van der Waals surface area contributed by atoms with E-state index in [1.54, 1.807) is 0 Å². The summed E-state index contributed by atoms with van der Waals surface area (Å²) in [5.74, 6) is 0. The molecule has 12 aromatic rings. The molecule has 0 N–H and O–H groups in total. The van der Waals surface area contributed by atoms with Crippen LogP contribution in [0.2, 0.25) is 0 Å². The highest BCUT2D eigenvalue weighted by molar-refractivity contribution is 6.08. The van der Waals surface area contributed by atoms with Crippen molar-refractivity contribution in [1.29, 1.82) is 0 Å². The average molecular weight is 826 g/mol. The fourth-order valence-electron chi connectivity index (χ4n) is 9.69. The summed E-state index contributed by atoms with van der Waals surface area (Å²) in [4.78, 5) is 2.37. The lowest BCUT2D eigenvalue weighted by Crippen LogP contribution is -2.09. The molecule has 0 saturated carbocycles. The van der Waals surface area contributed by atoms with E-state index in [9.17, 15) is 0 Å². The maximum absolute atomic E-state index is 2.37. The molecule has 0 aliphatic rings. The van der Waals surface area contributed by atoms with Crippen molar-refractivity contribution >= 4 is 60.2 Å². The summed E-state index contributed by atoms with van der Waals surface area (Å²) in [7, 11) is 0. The third kappa shape index (κ3) is 7.20. The van der Waals surface area contributed by atoms with Crippen LogP contribution in [0.5, 0.6) is 0 Å². The summed E-state index contributed by atoms with van der Waals surface area (Å²) in [5.41, 5.74) is 15.3. The number of rotatable bonds is 8. The van der Waals surface area contributed by atoms with E-state index < -0.39 is 0 Å². The van der Waals surface area contributed by atoms with E-state index in [1.165, 1.54) is 98.7 Å². The molecule has 12 rings (SSSR count). The number of benzene rings is 12. The van der Waals surface area contributed by atoms with Gasteiger partial charge in [-0.15, -0.1) is 0 Å². The molecule has 0 amide bonds. The van der Waals surface area contributed by atoms with Crippen molar-refractivity contribution in [2.24, 2.45) is 0 Å². The smallest absolute Gasteiger partial charge is 0.0462 e. The summed E-state index contributed by atoms with van der Waals surface area (Å²) in [6.45, 7) is 0. The van der Waals surface area contributed by atoms with E-state index in [0.717, 1.165) is 17.1 Å². The van der Waals surface area contributed by atoms with Crippen molar-refractivity contribution < 1.29 is 0 Å². The van der Waals surface area contributed by atoms with Gasteiger partial charge in [0.2, 0.25) is 0 Å². The molecule has 12 aromatic carbocycles. The molecule has 0 aromatic heterocycles. The van der Waals surface area contributed by atoms with E-state index in [2.05, 4.69) is 266 Å². The van der Waals surface area contributed by atoms with Gasteiger partial charge in [-0.2, -0.15) is 0 Å². The molecular weight excluding hydrogens is 783 g/mol. The molecule has 0 spiro atoms. The molecule has 0 radical (unpaired) electrons. The van der Waals surface area contributed by atoms with Crippen LogP contribution in [0.4, 0.5) is 17.1 Å². The molecule has 65 heavy (non-hydrogen) atoms. The summed E-state index contributed by atoms with van der Waals surface area (Å²) in [6, 6.07) is 95.2. The van der Waals surface area contributed by atoms with Crippen molar-refractivity contribution in [3.05, 3.63) is 261 Å². The Morgan fingerprint density at radius 2 is 0.585 bits per heavy atom. The van der Waals surface area contributed by atoms with Gasteiger partial charge < -0.3 is 4.90 Å². The van der Waals surface area contributed by atoms with Gasteiger partial charge in [-0.25, -0.2) is 0 Å². The first-order valence-electron chi connectivity index (χ1n) is 22.4. The predicted octanol–water partition coefficient (Wildman–Crippen LogP) is 18.1. The fourth-order valence-corrected chi connectivity index (χ4v) is 9.69. The molecule has 0 fully saturated rings. The number of nitrogens with zero attached hydrogens (tertiary/aromatic N) is 1. The van der Waals surface area contributed by atoms with Crippen molar-refractivity contribution in [3.8, 4) is 55.6 Å². The van der Waals surface area contributed by atoms with Gasteiger partial charge in [0.25, 0.3) is 0 Å². The number of hydrogen-bond donors (Lipinski definition) is 0. The van der Waals surface area contributed by atoms with Gasteiger partial charge in [0.05, 0.1) is 0 Å². The number of anilines is 3. The Kier molecular flexibility index (Phi) is 9.58. The molecule has 0 saturated heterocycles. The van der Waals surface area contributed by atoms with E-state index in [4.69, 9.17) is 0 Å². The van der Waals surface area contributed by atoms with E-state index in [0.29, 0.717) is 0 Å². The predicted molar refractivity (Wildman–Crippen MR) is 278 cm³/mol. The van der Waals surface area contributed by atoms with Crippen molar-refractivity contribution in [1.82, 2.24) is 0 Å². The molecule has 0 heterocycles. The third-order valence-corrected chi connectivity index (χ3v) is 13.1. The molecule has 0 atom stereocenters. The number of hydrogen-bond acceptors (Lipinski definition) is 1. The number of fused-ring (bicyclic) bond motifs is 5. The van der Waals surface area contributed by atoms with Gasteiger partial charge >= 0.3 is 0 Å². The molecule has 0 aliphatic carbocycles. The molecule has 1 nitrogen and oxygen atoms in total. The monoisotopic (exact) mass is 825 g/mol. The highest BCUT2D eigenvalue weighted by Crippen LogP contribution is 2.42. The van der Waals surface area contributed by atoms with Crippen molar-refractivity contribution in [3.63, 3.8) is 0 Å². The van der Waals surface area contributed by atoms with Gasteiger partial charge in [-0.3, -0.25) is 0 Å². The summed E-state index contributed by atoms with van der Waals surface area (Å²) < 4.78 is 0. The van der Waals surface area contributed by atoms with Crippen LogP contribution >= 0.6 is 0 Å². The zero-order valence-electron chi connectivity index (χ0n) is 35.8. The van der Waals surface area contributed by atoms with Crippen LogP contribution in [0.1, 0.15) is 0 Å². The van der Waals surface area contributed by atoms with E-state index in [1.807, 2.05) is 0 Å². The molecule has 0 bridgehead atoms.